The molecular weight excluding hydrogens is 2060 g/mol. The number of ether oxygens (including phenoxy) is 11. The highest BCUT2D eigenvalue weighted by Gasteiger charge is 2.60. The van der Waals surface area contributed by atoms with Crippen molar-refractivity contribution in [3.63, 3.8) is 0 Å². The number of halogens is 5. The number of phosphoric ester groups is 8. The van der Waals surface area contributed by atoms with Crippen molar-refractivity contribution < 1.29 is 222 Å². The number of aromatic nitrogens is 10. The molecule has 5 aromatic heterocycles. The monoisotopic (exact) mass is 2160 g/mol. The number of H-pyrrole nitrogens is 3. The summed E-state index contributed by atoms with van der Waals surface area (Å²) in [6, 6.07) is 2.21. The summed E-state index contributed by atoms with van der Waals surface area (Å²) in [5, 5.41) is 0. The number of methoxy groups -OCH3 is 3. The quantitative estimate of drug-likeness (QED) is 0.0166. The first kappa shape index (κ1) is 110. The van der Waals surface area contributed by atoms with Crippen molar-refractivity contribution in [2.75, 3.05) is 79.0 Å². The van der Waals surface area contributed by atoms with Gasteiger partial charge in [-0.15, -0.1) is 0 Å². The van der Waals surface area contributed by atoms with E-state index in [0.29, 0.717) is 38.2 Å². The Labute approximate surface area is 768 Å². The minimum Gasteiger partial charge on any atom is -0.383 e. The Bertz CT molecular complexity index is 5960. The van der Waals surface area contributed by atoms with Gasteiger partial charge in [0.05, 0.1) is 83.1 Å². The first-order valence-electron chi connectivity index (χ1n) is 40.4. The summed E-state index contributed by atoms with van der Waals surface area (Å²) in [5.41, 5.74) is 3.58. The number of phosphoric acid groups is 8. The number of rotatable bonds is 44. The van der Waals surface area contributed by atoms with Crippen LogP contribution in [-0.4, -0.2) is 331 Å². The van der Waals surface area contributed by atoms with Crippen LogP contribution in [0.5, 0.6) is 0 Å². The molecule has 0 amide bonds. The van der Waals surface area contributed by atoms with Crippen LogP contribution in [-0.2, 0) is 156 Å². The summed E-state index contributed by atoms with van der Waals surface area (Å²) in [7, 11) is -42.9. The lowest BCUT2D eigenvalue weighted by atomic mass is 10.1. The fraction of sp³-hybridized carbons (Fsp3) is 0.734. The number of hydrogen-bond donors (Lipinski definition) is 14. The zero-order chi connectivity index (χ0) is 101. The predicted molar refractivity (Wildman–Crippen MR) is 435 cm³/mol. The fourth-order valence-electron chi connectivity index (χ4n) is 15.9. The number of aromatic amines is 3. The number of nitrogens with one attached hydrogen (secondary N) is 3. The Kier molecular flexibility index (Phi) is 34.5. The number of nitrogen functional groups attached to an aromatic ring is 2. The van der Waals surface area contributed by atoms with Crippen molar-refractivity contribution in [1.29, 1.82) is 0 Å². The highest BCUT2D eigenvalue weighted by molar-refractivity contribution is 7.49. The van der Waals surface area contributed by atoms with Crippen LogP contribution in [0.2, 0.25) is 0 Å². The third kappa shape index (κ3) is 25.8. The van der Waals surface area contributed by atoms with Crippen LogP contribution in [0.3, 0.4) is 0 Å². The number of anilines is 2. The molecule has 0 saturated carbocycles. The first-order valence-corrected chi connectivity index (χ1v) is 52.4. The number of hydrogen-bond acceptors (Lipinski definition) is 45. The Morgan fingerprint density at radius 3 is 1.02 bits per heavy atom. The molecular formula is C64H93F5N12O49P8. The summed E-state index contributed by atoms with van der Waals surface area (Å²) in [4.78, 5) is 192. The molecule has 8 saturated heterocycles. The number of fused-ring (bicyclic) bond motifs is 1. The van der Waals surface area contributed by atoms with Gasteiger partial charge >= 0.3 is 79.7 Å². The van der Waals surface area contributed by atoms with E-state index >= 15 is 17.6 Å². The van der Waals surface area contributed by atoms with E-state index in [0.717, 1.165) is 51.4 Å². The van der Waals surface area contributed by atoms with E-state index < -0.39 is 351 Å². The largest absolute Gasteiger partial charge is 0.472 e. The van der Waals surface area contributed by atoms with Crippen LogP contribution in [0, 0.1) is 0 Å². The van der Waals surface area contributed by atoms with E-state index in [9.17, 15) is 114 Å². The molecule has 13 rings (SSSR count). The third-order valence-corrected chi connectivity index (χ3v) is 29.5. The van der Waals surface area contributed by atoms with E-state index in [4.69, 9.17) is 131 Å². The maximum absolute atomic E-state index is 17.2. The Morgan fingerprint density at radius 1 is 0.355 bits per heavy atom. The van der Waals surface area contributed by atoms with Crippen LogP contribution in [0.15, 0.2) is 71.9 Å². The maximum atomic E-state index is 17.2. The SMILES string of the molecule is CO[C@H]1C(OP(=O)(O)OC[C@H]2O[C@@H](C)[C@@H](F)C2OP(=O)(O)OC[C@H]2O[C@@H](n3ccc(=O)[nH]c3=O)[C@@H](F)C2OP(=O)(O)OC[C@H]2O[C@@H](n3ccc(N)nc3=O)[C@@H](F)C2OP(=O)(O)OC[C@H]2O[C@@H](n3ccc(=O)[nH]c3=O)[C@@H](F)C2OP(=O)(O)OC[C@H]2O[C@@H](C)[C@@H](OC)C2OP(=O)(O)OC[C@H]2O[C@@H](n3cnc4c(=O)[nH]c(N)nc43)[C@@H](OC)C2OP(=O)(O)O)[C@@H](COP(=O)(O)OC2[C@@H](C)O[C@@H](C)[C@H]2F)O[C@H]1C. The van der Waals surface area contributed by atoms with Gasteiger partial charge in [-0.3, -0.25) is 115 Å². The summed E-state index contributed by atoms with van der Waals surface area (Å²) in [6.45, 7) is -3.01. The minimum absolute atomic E-state index is 0.240. The standard InChI is InChI=1S/C64H93F5N12O49P8/c1-23-38(65)44(25(3)115-23)124-132(91,92)112-19-32-51(45(105-6)26(4)117-32)129-137(101,102)108-15-28-47(39(66)24(2)116-28)125-133(93,94)109-16-30-49(41(68)58(120-30)79-13-10-36(82)74-63(79)86)127-135(97,98)110-17-29-48(40(67)57(119-29)78-12-9-35(70)73-62(78)85)126-134(95,96)111-18-31-50(42(69)59(121-31)80-14-11-37(83)75-64(80)87)128-136(99,100)113-20-33-52(46(106-7)27(5)118-33)130-138(103,104)114-21-34-53(123-131(88,89)90)54(107-8)60(122-34)81-22-72-43-55(81)76-61(71)77-56(43)84/h9-14,22-34,38-42,44-54,57-60H,15-21H2,1-8H3,(H,91,92)(H,93,94)(H,95,96)(H,97,98)(H,99,100)(H,101,102)(H,103,104)(H2,70,73,85)(H,74,82,86)(H,75,83,87)(H2,88,89,90)(H3,71,76,77,84)/t23-,24-,25+,26-,27-,28+,29+,30+,31+,32+,33+,34+,38+,39+,40-,41-,42-,44?,45+,46+,47?,48?,49?,50?,51?,52?,53?,54-,57+,58+,59+,60+/m0/s1. The van der Waals surface area contributed by atoms with Crippen molar-refractivity contribution in [2.24, 2.45) is 0 Å². The molecule has 0 spiro atoms. The van der Waals surface area contributed by atoms with Gasteiger partial charge in [0.2, 0.25) is 5.95 Å². The molecule has 8 aliphatic heterocycles. The van der Waals surface area contributed by atoms with Crippen molar-refractivity contribution in [3.05, 3.63) is 106 Å². The molecule has 16 N–H and O–H groups in total. The molecule has 13 heterocycles. The first-order chi connectivity index (χ1) is 64.4. The van der Waals surface area contributed by atoms with E-state index in [1.807, 2.05) is 0 Å². The topological polar surface area (TPSA) is 819 Å². The van der Waals surface area contributed by atoms with Gasteiger partial charge in [0, 0.05) is 52.1 Å². The molecule has 0 radical (unpaired) electrons. The molecule has 0 bridgehead atoms. The lowest BCUT2D eigenvalue weighted by Gasteiger charge is -2.27. The van der Waals surface area contributed by atoms with E-state index in [2.05, 4.69) is 19.9 Å². The smallest absolute Gasteiger partial charge is 0.383 e. The van der Waals surface area contributed by atoms with Crippen LogP contribution >= 0.6 is 62.6 Å². The molecule has 61 nitrogen and oxygen atoms in total. The fourth-order valence-corrected chi connectivity index (χ4v) is 23.2. The van der Waals surface area contributed by atoms with Gasteiger partial charge in [0.1, 0.15) is 116 Å². The summed E-state index contributed by atoms with van der Waals surface area (Å²) < 4.78 is 332. The predicted octanol–water partition coefficient (Wildman–Crippen LogP) is -0.871. The average Bonchev–Trinajstić information content (AvgIpc) is 1.58. The van der Waals surface area contributed by atoms with E-state index in [-0.39, 0.29) is 11.2 Å². The normalized spacial score (nSPS) is 37.1. The number of alkyl halides is 5. The molecule has 0 aromatic carbocycles. The highest BCUT2D eigenvalue weighted by atomic mass is 31.2. The van der Waals surface area contributed by atoms with Crippen molar-refractivity contribution >= 4 is 85.5 Å². The third-order valence-electron chi connectivity index (χ3n) is 22.1. The molecule has 778 valence electrons. The number of nitrogens with zero attached hydrogens (tertiary/aromatic N) is 7. The van der Waals surface area contributed by atoms with Crippen molar-refractivity contribution in [2.45, 2.75) is 231 Å². The number of imidazole rings is 1. The van der Waals surface area contributed by atoms with Gasteiger partial charge < -0.3 is 108 Å². The Hall–Kier alpha value is -5.72. The molecule has 15 unspecified atom stereocenters. The van der Waals surface area contributed by atoms with Crippen molar-refractivity contribution in [3.8, 4) is 0 Å². The molecule has 74 heteroatoms. The van der Waals surface area contributed by atoms with Crippen LogP contribution in [0.1, 0.15) is 59.5 Å². The van der Waals surface area contributed by atoms with Gasteiger partial charge in [0.15, 0.2) is 66.9 Å². The van der Waals surface area contributed by atoms with E-state index in [1.54, 1.807) is 9.97 Å². The molecule has 5 aromatic rings. The molecule has 8 aliphatic rings. The van der Waals surface area contributed by atoms with Gasteiger partial charge in [-0.1, -0.05) is 0 Å². The lowest BCUT2D eigenvalue weighted by molar-refractivity contribution is -0.0649. The number of nitrogens with two attached hydrogens (primary N) is 2. The Morgan fingerprint density at radius 2 is 0.659 bits per heavy atom. The van der Waals surface area contributed by atoms with Crippen molar-refractivity contribution in [1.82, 2.24) is 48.2 Å². The van der Waals surface area contributed by atoms with Gasteiger partial charge in [-0.25, -0.2) is 77.8 Å². The van der Waals surface area contributed by atoms with Crippen LogP contribution < -0.4 is 45.2 Å². The second kappa shape index (κ2) is 43.5. The maximum Gasteiger partial charge on any atom is 0.472 e. The van der Waals surface area contributed by atoms with Gasteiger partial charge in [0.25, 0.3) is 16.7 Å². The van der Waals surface area contributed by atoms with Gasteiger partial charge in [-0.05, 0) is 40.7 Å². The van der Waals surface area contributed by atoms with Crippen LogP contribution in [0.25, 0.3) is 11.2 Å². The highest BCUT2D eigenvalue weighted by Crippen LogP contribution is 2.59. The molecule has 138 heavy (non-hydrogen) atoms. The summed E-state index contributed by atoms with van der Waals surface area (Å²) in [5.74, 6) is -0.888. The second-order valence-electron chi connectivity index (χ2n) is 31.5. The summed E-state index contributed by atoms with van der Waals surface area (Å²) in [6.07, 6.45) is -60.9. The zero-order valence-electron chi connectivity index (χ0n) is 72.1. The Balaban J connectivity index is 0.671. The van der Waals surface area contributed by atoms with Gasteiger partial charge in [-0.2, -0.15) is 9.97 Å². The molecule has 39 atom stereocenters. The summed E-state index contributed by atoms with van der Waals surface area (Å²) >= 11 is 0. The minimum atomic E-state index is -6.20. The van der Waals surface area contributed by atoms with Crippen LogP contribution in [0.4, 0.5) is 33.7 Å². The average molecular weight is 2160 g/mol. The van der Waals surface area contributed by atoms with E-state index in [1.165, 1.54) is 27.7 Å². The molecule has 8 fully saturated rings. The molecule has 0 aliphatic carbocycles. The second-order valence-corrected chi connectivity index (χ2v) is 42.6. The lowest BCUT2D eigenvalue weighted by Crippen LogP contribution is -2.39. The zero-order valence-corrected chi connectivity index (χ0v) is 79.2.